The summed E-state index contributed by atoms with van der Waals surface area (Å²) in [6, 6.07) is 6.40. The van der Waals surface area contributed by atoms with E-state index in [1.807, 2.05) is 4.90 Å². The van der Waals surface area contributed by atoms with Crippen molar-refractivity contribution in [3.8, 4) is 0 Å². The number of carbonyl (C=O) groups is 1. The molecule has 2 aliphatic rings. The molecule has 2 saturated heterocycles. The summed E-state index contributed by atoms with van der Waals surface area (Å²) in [5, 5.41) is 0. The second-order valence-corrected chi connectivity index (χ2v) is 8.48. The Bertz CT molecular complexity index is 698. The van der Waals surface area contributed by atoms with Gasteiger partial charge in [-0.3, -0.25) is 4.79 Å². The van der Waals surface area contributed by atoms with Gasteiger partial charge in [0.15, 0.2) is 0 Å². The molecule has 24 heavy (non-hydrogen) atoms. The minimum Gasteiger partial charge on any atom is -0.379 e. The first-order chi connectivity index (χ1) is 11.5. The van der Waals surface area contributed by atoms with Crippen LogP contribution in [0.3, 0.4) is 0 Å². The van der Waals surface area contributed by atoms with Crippen molar-refractivity contribution in [2.24, 2.45) is 5.92 Å². The molecule has 0 N–H and O–H groups in total. The van der Waals surface area contributed by atoms with E-state index in [4.69, 9.17) is 4.74 Å². The number of benzene rings is 1. The highest BCUT2D eigenvalue weighted by Crippen LogP contribution is 2.21. The van der Waals surface area contributed by atoms with E-state index in [9.17, 15) is 13.2 Å². The number of morpholine rings is 1. The summed E-state index contributed by atoms with van der Waals surface area (Å²) in [5.41, 5.74) is 0.443. The van der Waals surface area contributed by atoms with Crippen LogP contribution in [0.5, 0.6) is 0 Å². The topological polar surface area (TPSA) is 66.9 Å². The summed E-state index contributed by atoms with van der Waals surface area (Å²) in [6.07, 6.45) is 2.13. The number of sulfonamides is 1. The van der Waals surface area contributed by atoms with Crippen LogP contribution in [-0.4, -0.2) is 62.9 Å². The predicted octanol–water partition coefficient (Wildman–Crippen LogP) is 1.58. The van der Waals surface area contributed by atoms with Gasteiger partial charge in [0.05, 0.1) is 18.1 Å². The van der Waals surface area contributed by atoms with Crippen molar-refractivity contribution in [2.45, 2.75) is 24.7 Å². The van der Waals surface area contributed by atoms with Crippen molar-refractivity contribution in [3.05, 3.63) is 29.8 Å². The maximum atomic E-state index is 12.7. The van der Waals surface area contributed by atoms with E-state index in [2.05, 4.69) is 6.92 Å². The van der Waals surface area contributed by atoms with Gasteiger partial charge in [0.2, 0.25) is 10.0 Å². The Morgan fingerprint density at radius 1 is 1.21 bits per heavy atom. The molecule has 0 bridgehead atoms. The summed E-state index contributed by atoms with van der Waals surface area (Å²) < 4.78 is 32.1. The number of hydrogen-bond acceptors (Lipinski definition) is 4. The smallest absolute Gasteiger partial charge is 0.253 e. The number of amides is 1. The summed E-state index contributed by atoms with van der Waals surface area (Å²) in [6.45, 7) is 5.13. The zero-order valence-electron chi connectivity index (χ0n) is 14.0. The first-order valence-corrected chi connectivity index (χ1v) is 9.90. The minimum atomic E-state index is -3.58. The third kappa shape index (κ3) is 3.63. The van der Waals surface area contributed by atoms with Crippen LogP contribution < -0.4 is 0 Å². The normalized spacial score (nSPS) is 23.2. The largest absolute Gasteiger partial charge is 0.379 e. The van der Waals surface area contributed by atoms with E-state index in [1.165, 1.54) is 10.4 Å². The first kappa shape index (κ1) is 17.4. The molecule has 132 valence electrons. The number of piperidine rings is 1. The third-order valence-corrected chi connectivity index (χ3v) is 6.53. The molecule has 0 radical (unpaired) electrons. The minimum absolute atomic E-state index is 0.0828. The van der Waals surface area contributed by atoms with Crippen molar-refractivity contribution < 1.29 is 17.9 Å². The standard InChI is InChI=1S/C17H24N2O4S/c1-14-4-3-7-18(13-14)17(20)15-5-2-6-16(12-15)24(21,22)19-8-10-23-11-9-19/h2,5-6,12,14H,3-4,7-11,13H2,1H3/t14-/m1/s1. The molecule has 1 atom stereocenters. The molecule has 0 saturated carbocycles. The fourth-order valence-corrected chi connectivity index (χ4v) is 4.74. The Morgan fingerprint density at radius 3 is 2.67 bits per heavy atom. The van der Waals surface area contributed by atoms with Gasteiger partial charge in [0, 0.05) is 31.7 Å². The summed E-state index contributed by atoms with van der Waals surface area (Å²) in [5.74, 6) is 0.406. The van der Waals surface area contributed by atoms with Crippen LogP contribution in [0.2, 0.25) is 0 Å². The zero-order chi connectivity index (χ0) is 17.2. The van der Waals surface area contributed by atoms with E-state index >= 15 is 0 Å². The molecule has 3 rings (SSSR count). The van der Waals surface area contributed by atoms with Crippen LogP contribution in [0, 0.1) is 5.92 Å². The van der Waals surface area contributed by atoms with E-state index in [0.717, 1.165) is 25.9 Å². The van der Waals surface area contributed by atoms with Gasteiger partial charge in [-0.25, -0.2) is 8.42 Å². The number of ether oxygens (including phenoxy) is 1. The number of nitrogens with zero attached hydrogens (tertiary/aromatic N) is 2. The Morgan fingerprint density at radius 2 is 1.96 bits per heavy atom. The third-order valence-electron chi connectivity index (χ3n) is 4.63. The molecule has 0 aromatic heterocycles. The highest BCUT2D eigenvalue weighted by Gasteiger charge is 2.28. The Kier molecular flexibility index (Phi) is 5.22. The fourth-order valence-electron chi connectivity index (χ4n) is 3.28. The van der Waals surface area contributed by atoms with Crippen molar-refractivity contribution in [1.29, 1.82) is 0 Å². The number of likely N-dealkylation sites (tertiary alicyclic amines) is 1. The first-order valence-electron chi connectivity index (χ1n) is 8.46. The maximum absolute atomic E-state index is 12.7. The molecule has 1 aromatic carbocycles. The highest BCUT2D eigenvalue weighted by molar-refractivity contribution is 7.89. The van der Waals surface area contributed by atoms with Crippen molar-refractivity contribution >= 4 is 15.9 Å². The van der Waals surface area contributed by atoms with Crippen molar-refractivity contribution in [2.75, 3.05) is 39.4 Å². The van der Waals surface area contributed by atoms with Gasteiger partial charge in [-0.05, 0) is 37.0 Å². The van der Waals surface area contributed by atoms with Crippen LogP contribution in [0.4, 0.5) is 0 Å². The molecule has 2 fully saturated rings. The van der Waals surface area contributed by atoms with E-state index in [0.29, 0.717) is 37.8 Å². The van der Waals surface area contributed by atoms with E-state index in [1.54, 1.807) is 18.2 Å². The van der Waals surface area contributed by atoms with Gasteiger partial charge in [0.1, 0.15) is 0 Å². The van der Waals surface area contributed by atoms with Crippen LogP contribution in [0.15, 0.2) is 29.2 Å². The van der Waals surface area contributed by atoms with Gasteiger partial charge < -0.3 is 9.64 Å². The van der Waals surface area contributed by atoms with Crippen LogP contribution >= 0.6 is 0 Å². The zero-order valence-corrected chi connectivity index (χ0v) is 14.8. The van der Waals surface area contributed by atoms with Crippen molar-refractivity contribution in [3.63, 3.8) is 0 Å². The van der Waals surface area contributed by atoms with Gasteiger partial charge in [-0.15, -0.1) is 0 Å². The second kappa shape index (κ2) is 7.21. The summed E-state index contributed by atoms with van der Waals surface area (Å²) in [4.78, 5) is 14.7. The molecular formula is C17H24N2O4S. The Balaban J connectivity index is 1.82. The Hall–Kier alpha value is -1.44. The van der Waals surface area contributed by atoms with E-state index in [-0.39, 0.29) is 10.8 Å². The number of rotatable bonds is 3. The monoisotopic (exact) mass is 352 g/mol. The lowest BCUT2D eigenvalue weighted by Gasteiger charge is -2.31. The van der Waals surface area contributed by atoms with Crippen LogP contribution in [0.25, 0.3) is 0 Å². The molecule has 1 amide bonds. The average molecular weight is 352 g/mol. The summed E-state index contributed by atoms with van der Waals surface area (Å²) in [7, 11) is -3.58. The molecule has 2 aliphatic heterocycles. The molecule has 2 heterocycles. The van der Waals surface area contributed by atoms with Gasteiger partial charge >= 0.3 is 0 Å². The summed E-state index contributed by atoms with van der Waals surface area (Å²) >= 11 is 0. The maximum Gasteiger partial charge on any atom is 0.253 e. The van der Waals surface area contributed by atoms with Gasteiger partial charge in [0.25, 0.3) is 5.91 Å². The fraction of sp³-hybridized carbons (Fsp3) is 0.588. The van der Waals surface area contributed by atoms with Gasteiger partial charge in [-0.1, -0.05) is 13.0 Å². The highest BCUT2D eigenvalue weighted by atomic mass is 32.2. The number of carbonyl (C=O) groups excluding carboxylic acids is 1. The van der Waals surface area contributed by atoms with Crippen molar-refractivity contribution in [1.82, 2.24) is 9.21 Å². The molecule has 1 aromatic rings. The predicted molar refractivity (Wildman–Crippen MR) is 90.3 cm³/mol. The lowest BCUT2D eigenvalue weighted by Crippen LogP contribution is -2.41. The van der Waals surface area contributed by atoms with Crippen LogP contribution in [-0.2, 0) is 14.8 Å². The van der Waals surface area contributed by atoms with Crippen LogP contribution in [0.1, 0.15) is 30.1 Å². The molecule has 0 spiro atoms. The lowest BCUT2D eigenvalue weighted by molar-refractivity contribution is 0.0682. The average Bonchev–Trinajstić information content (AvgIpc) is 2.62. The quantitative estimate of drug-likeness (QED) is 0.828. The lowest BCUT2D eigenvalue weighted by atomic mass is 9.99. The Labute approximate surface area is 143 Å². The molecule has 6 nitrogen and oxygen atoms in total. The second-order valence-electron chi connectivity index (χ2n) is 6.54. The molecule has 7 heteroatoms. The molecule has 0 aliphatic carbocycles. The van der Waals surface area contributed by atoms with Gasteiger partial charge in [-0.2, -0.15) is 4.31 Å². The number of hydrogen-bond donors (Lipinski definition) is 0. The van der Waals surface area contributed by atoms with E-state index < -0.39 is 10.0 Å². The molecule has 0 unspecified atom stereocenters. The molecular weight excluding hydrogens is 328 g/mol. The SMILES string of the molecule is C[C@@H]1CCCN(C(=O)c2cccc(S(=O)(=O)N3CCOCC3)c2)C1.